The van der Waals surface area contributed by atoms with Crippen molar-refractivity contribution in [2.75, 3.05) is 6.61 Å². The number of hydrogen-bond donors (Lipinski definition) is 1. The first-order valence-electron chi connectivity index (χ1n) is 13.2. The minimum absolute atomic E-state index is 0.0637. The summed E-state index contributed by atoms with van der Waals surface area (Å²) >= 11 is 0. The first kappa shape index (κ1) is 27.8. The Morgan fingerprint density at radius 3 is 1.95 bits per heavy atom. The molecule has 2 saturated carbocycles. The summed E-state index contributed by atoms with van der Waals surface area (Å²) in [5.41, 5.74) is 1.61. The Labute approximate surface area is 214 Å². The first-order chi connectivity index (χ1) is 17.6. The van der Waals surface area contributed by atoms with E-state index in [2.05, 4.69) is 4.74 Å². The summed E-state index contributed by atoms with van der Waals surface area (Å²) in [4.78, 5) is 0. The van der Waals surface area contributed by atoms with E-state index in [0.29, 0.717) is 43.2 Å². The molecule has 2 aromatic rings. The molecule has 2 aromatic carbocycles. The van der Waals surface area contributed by atoms with Crippen molar-refractivity contribution < 1.29 is 36.2 Å². The van der Waals surface area contributed by atoms with Gasteiger partial charge in [-0.05, 0) is 98.7 Å². The Morgan fingerprint density at radius 1 is 0.838 bits per heavy atom. The van der Waals surface area contributed by atoms with Crippen LogP contribution in [-0.2, 0) is 6.42 Å². The molecule has 0 amide bonds. The van der Waals surface area contributed by atoms with Crippen molar-refractivity contribution in [1.29, 1.82) is 0 Å². The molecule has 1 N–H and O–H groups in total. The molecular weight excluding hydrogens is 494 g/mol. The lowest BCUT2D eigenvalue weighted by atomic mass is 9.68. The van der Waals surface area contributed by atoms with Crippen molar-refractivity contribution in [3.63, 3.8) is 0 Å². The van der Waals surface area contributed by atoms with Crippen LogP contribution >= 0.6 is 0 Å². The van der Waals surface area contributed by atoms with Gasteiger partial charge in [-0.2, -0.15) is 8.78 Å². The molecule has 2 nitrogen and oxygen atoms in total. The predicted octanol–water partition coefficient (Wildman–Crippen LogP) is 8.17. The third kappa shape index (κ3) is 6.62. The zero-order chi connectivity index (χ0) is 26.7. The third-order valence-electron chi connectivity index (χ3n) is 8.30. The summed E-state index contributed by atoms with van der Waals surface area (Å²) in [5.74, 6) is -5.95. The Bertz CT molecular complexity index is 1040. The number of ether oxygens (including phenoxy) is 1. The van der Waals surface area contributed by atoms with Crippen molar-refractivity contribution >= 4 is 0 Å². The lowest BCUT2D eigenvalue weighted by Crippen LogP contribution is -2.38. The van der Waals surface area contributed by atoms with E-state index >= 15 is 0 Å². The summed E-state index contributed by atoms with van der Waals surface area (Å²) in [6, 6.07) is 6.25. The van der Waals surface area contributed by atoms with Gasteiger partial charge in [0.05, 0.1) is 5.92 Å². The zero-order valence-corrected chi connectivity index (χ0v) is 21.0. The van der Waals surface area contributed by atoms with Crippen molar-refractivity contribution in [3.8, 4) is 5.75 Å². The van der Waals surface area contributed by atoms with Crippen LogP contribution in [0.3, 0.4) is 0 Å². The van der Waals surface area contributed by atoms with E-state index in [1.165, 1.54) is 0 Å². The number of aliphatic hydroxyl groups is 1. The van der Waals surface area contributed by atoms with Gasteiger partial charge in [-0.3, -0.25) is 0 Å². The van der Waals surface area contributed by atoms with Crippen LogP contribution in [0.5, 0.6) is 5.75 Å². The van der Waals surface area contributed by atoms with E-state index in [0.717, 1.165) is 36.8 Å². The average molecular weight is 529 g/mol. The maximum atomic E-state index is 14.8. The van der Waals surface area contributed by atoms with E-state index in [9.17, 15) is 31.4 Å². The van der Waals surface area contributed by atoms with E-state index in [-0.39, 0.29) is 37.1 Å². The molecule has 0 heterocycles. The molecule has 37 heavy (non-hydrogen) atoms. The minimum atomic E-state index is -3.61. The number of benzene rings is 2. The van der Waals surface area contributed by atoms with Gasteiger partial charge >= 0.3 is 6.11 Å². The Hall–Kier alpha value is -2.22. The number of alkyl halides is 2. The van der Waals surface area contributed by atoms with Gasteiger partial charge in [-0.1, -0.05) is 19.1 Å². The Kier molecular flexibility index (Phi) is 8.77. The van der Waals surface area contributed by atoms with Crippen molar-refractivity contribution in [2.45, 2.75) is 76.7 Å². The summed E-state index contributed by atoms with van der Waals surface area (Å²) in [6.45, 7) is 1.98. The average Bonchev–Trinajstić information content (AvgIpc) is 2.87. The number of hydrogen-bond acceptors (Lipinski definition) is 2. The van der Waals surface area contributed by atoms with E-state index < -0.39 is 35.2 Å². The van der Waals surface area contributed by atoms with Crippen LogP contribution in [-0.4, -0.2) is 17.8 Å². The molecule has 0 aromatic heterocycles. The molecule has 2 aliphatic carbocycles. The molecule has 4 rings (SSSR count). The molecule has 0 radical (unpaired) electrons. The Balaban J connectivity index is 1.28. The maximum Gasteiger partial charge on any atom is 0.400 e. The largest absolute Gasteiger partial charge is 0.432 e. The fraction of sp³-hybridized carbons (Fsp3) is 0.586. The van der Waals surface area contributed by atoms with Gasteiger partial charge in [-0.15, -0.1) is 0 Å². The maximum absolute atomic E-state index is 14.8. The number of aliphatic hydroxyl groups excluding tert-OH is 1. The second-order valence-electron chi connectivity index (χ2n) is 10.9. The van der Waals surface area contributed by atoms with Crippen LogP contribution in [0, 0.1) is 46.9 Å². The van der Waals surface area contributed by atoms with Gasteiger partial charge in [0.1, 0.15) is 11.6 Å². The fourth-order valence-electron chi connectivity index (χ4n) is 6.16. The number of halogens is 6. The smallest absolute Gasteiger partial charge is 0.400 e. The summed E-state index contributed by atoms with van der Waals surface area (Å²) in [7, 11) is 0. The zero-order valence-electron chi connectivity index (χ0n) is 21.0. The molecule has 0 saturated heterocycles. The highest BCUT2D eigenvalue weighted by Gasteiger charge is 2.45. The fourth-order valence-corrected chi connectivity index (χ4v) is 6.16. The SMILES string of the molecule is CC(CO)Cc1ccc(C2CCC(C3CCC(C(F)(F)Oc4cc(F)c(F)c(F)c4)CC3)CC2)c(F)c1. The monoisotopic (exact) mass is 528 g/mol. The molecule has 0 aliphatic heterocycles. The molecule has 1 unspecified atom stereocenters. The van der Waals surface area contributed by atoms with E-state index in [4.69, 9.17) is 0 Å². The standard InChI is InChI=1S/C29H34F6O2/c1-17(16-36)12-18-2-11-24(25(30)13-18)21-5-3-19(4-6-21)20-7-9-22(10-8-20)29(34,35)37-23-14-26(31)28(33)27(32)15-23/h2,11,13-15,17,19-22,36H,3-10,12,16H2,1H3. The highest BCUT2D eigenvalue weighted by Crippen LogP contribution is 2.47. The van der Waals surface area contributed by atoms with Gasteiger partial charge in [0.15, 0.2) is 17.5 Å². The third-order valence-corrected chi connectivity index (χ3v) is 8.30. The second kappa shape index (κ2) is 11.7. The van der Waals surface area contributed by atoms with Gasteiger partial charge in [0.2, 0.25) is 0 Å². The van der Waals surface area contributed by atoms with E-state index in [1.54, 1.807) is 6.07 Å². The molecule has 8 heteroatoms. The van der Waals surface area contributed by atoms with Crippen LogP contribution in [0.2, 0.25) is 0 Å². The number of rotatable bonds is 8. The van der Waals surface area contributed by atoms with Gasteiger partial charge in [-0.25, -0.2) is 17.6 Å². The molecule has 1 atom stereocenters. The quantitative estimate of drug-likeness (QED) is 0.277. The van der Waals surface area contributed by atoms with Crippen molar-refractivity contribution in [3.05, 3.63) is 64.7 Å². The molecule has 0 spiro atoms. The van der Waals surface area contributed by atoms with Crippen LogP contribution in [0.15, 0.2) is 30.3 Å². The van der Waals surface area contributed by atoms with Crippen LogP contribution in [0.1, 0.15) is 75.3 Å². The van der Waals surface area contributed by atoms with Crippen molar-refractivity contribution in [1.82, 2.24) is 0 Å². The molecule has 0 bridgehead atoms. The predicted molar refractivity (Wildman–Crippen MR) is 128 cm³/mol. The van der Waals surface area contributed by atoms with E-state index in [1.807, 2.05) is 19.1 Å². The normalized spacial score (nSPS) is 25.6. The second-order valence-corrected chi connectivity index (χ2v) is 10.9. The molecule has 2 fully saturated rings. The molecular formula is C29H34F6O2. The molecule has 204 valence electrons. The highest BCUT2D eigenvalue weighted by atomic mass is 19.3. The van der Waals surface area contributed by atoms with Gasteiger partial charge < -0.3 is 9.84 Å². The lowest BCUT2D eigenvalue weighted by molar-refractivity contribution is -0.224. The van der Waals surface area contributed by atoms with Crippen LogP contribution < -0.4 is 4.74 Å². The summed E-state index contributed by atoms with van der Waals surface area (Å²) in [6.07, 6.45) is 2.24. The highest BCUT2D eigenvalue weighted by molar-refractivity contribution is 5.28. The van der Waals surface area contributed by atoms with Crippen LogP contribution in [0.25, 0.3) is 0 Å². The summed E-state index contributed by atoms with van der Waals surface area (Å²) < 4.78 is 88.7. The molecule has 2 aliphatic rings. The van der Waals surface area contributed by atoms with Gasteiger partial charge in [0.25, 0.3) is 0 Å². The van der Waals surface area contributed by atoms with Crippen LogP contribution in [0.4, 0.5) is 26.3 Å². The topological polar surface area (TPSA) is 29.5 Å². The van der Waals surface area contributed by atoms with Gasteiger partial charge in [0, 0.05) is 18.7 Å². The van der Waals surface area contributed by atoms with Crippen molar-refractivity contribution in [2.24, 2.45) is 23.7 Å². The minimum Gasteiger partial charge on any atom is -0.432 e. The first-order valence-corrected chi connectivity index (χ1v) is 13.2. The summed E-state index contributed by atoms with van der Waals surface area (Å²) in [5, 5.41) is 9.22. The lowest BCUT2D eigenvalue weighted by Gasteiger charge is -2.39. The Morgan fingerprint density at radius 2 is 1.41 bits per heavy atom.